The van der Waals surface area contributed by atoms with Crippen LogP contribution in [-0.2, 0) is 0 Å². The molecular formula is C11H12N4O. The van der Waals surface area contributed by atoms with Crippen molar-refractivity contribution in [3.63, 3.8) is 0 Å². The van der Waals surface area contributed by atoms with Crippen molar-refractivity contribution in [1.29, 1.82) is 0 Å². The Morgan fingerprint density at radius 1 is 1.19 bits per heavy atom. The summed E-state index contributed by atoms with van der Waals surface area (Å²) < 4.78 is 5.50. The molecule has 16 heavy (non-hydrogen) atoms. The van der Waals surface area contributed by atoms with Gasteiger partial charge < -0.3 is 10.5 Å². The Morgan fingerprint density at radius 3 is 2.62 bits per heavy atom. The zero-order chi connectivity index (χ0) is 11.5. The number of nitrogen functional groups attached to an aromatic ring is 1. The first kappa shape index (κ1) is 10.4. The average Bonchev–Trinajstić information content (AvgIpc) is 2.20. The number of anilines is 1. The number of pyridine rings is 1. The lowest BCUT2D eigenvalue weighted by Crippen LogP contribution is -1.98. The normalized spacial score (nSPS) is 10.1. The molecule has 0 aliphatic rings. The second-order valence-electron chi connectivity index (χ2n) is 3.42. The van der Waals surface area contributed by atoms with Gasteiger partial charge in [0.05, 0.1) is 6.20 Å². The highest BCUT2D eigenvalue weighted by Gasteiger charge is 2.02. The highest BCUT2D eigenvalue weighted by molar-refractivity contribution is 5.35. The molecular weight excluding hydrogens is 204 g/mol. The standard InChI is InChI=1S/C11H12N4O/c1-7-3-4-9(6-13-7)16-11-5-10(12)14-8(2)15-11/h3-6H,1-2H3,(H2,12,14,15). The molecule has 0 atom stereocenters. The first-order chi connectivity index (χ1) is 7.63. The number of aromatic nitrogens is 3. The number of ether oxygens (including phenoxy) is 1. The summed E-state index contributed by atoms with van der Waals surface area (Å²) in [6.45, 7) is 3.67. The first-order valence-electron chi connectivity index (χ1n) is 4.85. The summed E-state index contributed by atoms with van der Waals surface area (Å²) in [5.74, 6) is 2.02. The summed E-state index contributed by atoms with van der Waals surface area (Å²) in [6, 6.07) is 5.27. The smallest absolute Gasteiger partial charge is 0.224 e. The fraction of sp³-hybridized carbons (Fsp3) is 0.182. The lowest BCUT2D eigenvalue weighted by molar-refractivity contribution is 0.458. The van der Waals surface area contributed by atoms with Crippen molar-refractivity contribution in [3.8, 4) is 11.6 Å². The molecule has 5 nitrogen and oxygen atoms in total. The molecule has 0 radical (unpaired) electrons. The molecule has 0 saturated carbocycles. The summed E-state index contributed by atoms with van der Waals surface area (Å²) in [5.41, 5.74) is 6.53. The summed E-state index contributed by atoms with van der Waals surface area (Å²) >= 11 is 0. The lowest BCUT2D eigenvalue weighted by atomic mass is 10.4. The average molecular weight is 216 g/mol. The number of hydrogen-bond donors (Lipinski definition) is 1. The summed E-state index contributed by atoms with van der Waals surface area (Å²) in [4.78, 5) is 12.2. The van der Waals surface area contributed by atoms with Crippen LogP contribution < -0.4 is 10.5 Å². The molecule has 2 rings (SSSR count). The minimum Gasteiger partial charge on any atom is -0.437 e. The fourth-order valence-electron chi connectivity index (χ4n) is 1.25. The molecule has 0 bridgehead atoms. The number of nitrogens with zero attached hydrogens (tertiary/aromatic N) is 3. The number of hydrogen-bond acceptors (Lipinski definition) is 5. The molecule has 0 aliphatic carbocycles. The van der Waals surface area contributed by atoms with E-state index in [-0.39, 0.29) is 0 Å². The largest absolute Gasteiger partial charge is 0.437 e. The minimum atomic E-state index is 0.391. The van der Waals surface area contributed by atoms with Gasteiger partial charge in [-0.3, -0.25) is 4.98 Å². The molecule has 2 aromatic heterocycles. The van der Waals surface area contributed by atoms with Crippen LogP contribution in [0.4, 0.5) is 5.82 Å². The summed E-state index contributed by atoms with van der Waals surface area (Å²) in [7, 11) is 0. The van der Waals surface area contributed by atoms with Crippen molar-refractivity contribution < 1.29 is 4.74 Å². The maximum absolute atomic E-state index is 5.59. The van der Waals surface area contributed by atoms with E-state index < -0.39 is 0 Å². The van der Waals surface area contributed by atoms with Crippen LogP contribution in [-0.4, -0.2) is 15.0 Å². The van der Waals surface area contributed by atoms with Crippen LogP contribution in [0.5, 0.6) is 11.6 Å². The van der Waals surface area contributed by atoms with Crippen LogP contribution >= 0.6 is 0 Å². The van der Waals surface area contributed by atoms with E-state index in [2.05, 4.69) is 15.0 Å². The van der Waals surface area contributed by atoms with Crippen molar-refractivity contribution in [2.45, 2.75) is 13.8 Å². The maximum Gasteiger partial charge on any atom is 0.224 e. The van der Waals surface area contributed by atoms with Gasteiger partial charge in [-0.1, -0.05) is 0 Å². The third kappa shape index (κ3) is 2.44. The van der Waals surface area contributed by atoms with Gasteiger partial charge in [-0.2, -0.15) is 4.98 Å². The van der Waals surface area contributed by atoms with Crippen molar-refractivity contribution >= 4 is 5.82 Å². The zero-order valence-electron chi connectivity index (χ0n) is 9.14. The van der Waals surface area contributed by atoms with E-state index in [1.165, 1.54) is 0 Å². The molecule has 0 saturated heterocycles. The Labute approximate surface area is 93.3 Å². The van der Waals surface area contributed by atoms with Crippen LogP contribution in [0.2, 0.25) is 0 Å². The van der Waals surface area contributed by atoms with Gasteiger partial charge in [0.2, 0.25) is 5.88 Å². The van der Waals surface area contributed by atoms with E-state index in [0.717, 1.165) is 5.69 Å². The molecule has 0 amide bonds. The predicted molar refractivity (Wildman–Crippen MR) is 60.2 cm³/mol. The second-order valence-corrected chi connectivity index (χ2v) is 3.42. The van der Waals surface area contributed by atoms with E-state index in [1.807, 2.05) is 19.1 Å². The van der Waals surface area contributed by atoms with Crippen LogP contribution in [0.25, 0.3) is 0 Å². The van der Waals surface area contributed by atoms with Crippen molar-refractivity contribution in [2.75, 3.05) is 5.73 Å². The SMILES string of the molecule is Cc1ccc(Oc2cc(N)nc(C)n2)cn1. The quantitative estimate of drug-likeness (QED) is 0.829. The van der Waals surface area contributed by atoms with Gasteiger partial charge in [-0.25, -0.2) is 4.98 Å². The highest BCUT2D eigenvalue weighted by atomic mass is 16.5. The van der Waals surface area contributed by atoms with Crippen molar-refractivity contribution in [3.05, 3.63) is 35.9 Å². The number of aryl methyl sites for hydroxylation is 2. The van der Waals surface area contributed by atoms with E-state index in [4.69, 9.17) is 10.5 Å². The number of nitrogens with two attached hydrogens (primary N) is 1. The van der Waals surface area contributed by atoms with Gasteiger partial charge in [-0.15, -0.1) is 0 Å². The lowest BCUT2D eigenvalue weighted by Gasteiger charge is -2.05. The Bertz CT molecular complexity index is 476. The Balaban J connectivity index is 2.23. The molecule has 2 heterocycles. The molecule has 82 valence electrons. The Kier molecular flexibility index (Phi) is 2.68. The van der Waals surface area contributed by atoms with Gasteiger partial charge in [-0.05, 0) is 26.0 Å². The highest BCUT2D eigenvalue weighted by Crippen LogP contribution is 2.19. The first-order valence-corrected chi connectivity index (χ1v) is 4.85. The van der Waals surface area contributed by atoms with Gasteiger partial charge in [0.15, 0.2) is 0 Å². The Hall–Kier alpha value is -2.17. The van der Waals surface area contributed by atoms with Gasteiger partial charge in [0.25, 0.3) is 0 Å². The van der Waals surface area contributed by atoms with Gasteiger partial charge in [0, 0.05) is 11.8 Å². The van der Waals surface area contributed by atoms with Gasteiger partial charge >= 0.3 is 0 Å². The van der Waals surface area contributed by atoms with E-state index in [1.54, 1.807) is 19.2 Å². The fourth-order valence-corrected chi connectivity index (χ4v) is 1.25. The molecule has 2 aromatic rings. The van der Waals surface area contributed by atoms with Gasteiger partial charge in [0.1, 0.15) is 17.4 Å². The monoisotopic (exact) mass is 216 g/mol. The molecule has 0 aromatic carbocycles. The third-order valence-corrected chi connectivity index (χ3v) is 1.94. The summed E-state index contributed by atoms with van der Waals surface area (Å²) in [5, 5.41) is 0. The van der Waals surface area contributed by atoms with E-state index >= 15 is 0 Å². The van der Waals surface area contributed by atoms with Crippen LogP contribution in [0.15, 0.2) is 24.4 Å². The van der Waals surface area contributed by atoms with Crippen LogP contribution in [0, 0.1) is 13.8 Å². The zero-order valence-corrected chi connectivity index (χ0v) is 9.14. The summed E-state index contributed by atoms with van der Waals surface area (Å²) in [6.07, 6.45) is 1.64. The Morgan fingerprint density at radius 2 is 2.00 bits per heavy atom. The topological polar surface area (TPSA) is 73.9 Å². The van der Waals surface area contributed by atoms with Crippen LogP contribution in [0.3, 0.4) is 0 Å². The molecule has 0 aliphatic heterocycles. The van der Waals surface area contributed by atoms with Crippen molar-refractivity contribution in [2.24, 2.45) is 0 Å². The maximum atomic E-state index is 5.59. The molecule has 0 unspecified atom stereocenters. The number of rotatable bonds is 2. The van der Waals surface area contributed by atoms with E-state index in [0.29, 0.717) is 23.3 Å². The van der Waals surface area contributed by atoms with Crippen LogP contribution in [0.1, 0.15) is 11.5 Å². The molecule has 0 fully saturated rings. The second kappa shape index (κ2) is 4.14. The molecule has 0 spiro atoms. The molecule has 5 heteroatoms. The molecule has 2 N–H and O–H groups in total. The van der Waals surface area contributed by atoms with E-state index in [9.17, 15) is 0 Å². The van der Waals surface area contributed by atoms with Crippen molar-refractivity contribution in [1.82, 2.24) is 15.0 Å². The predicted octanol–water partition coefficient (Wildman–Crippen LogP) is 1.86. The minimum absolute atomic E-state index is 0.391. The third-order valence-electron chi connectivity index (χ3n) is 1.94.